The summed E-state index contributed by atoms with van der Waals surface area (Å²) in [5.74, 6) is -0.146. The Kier molecular flexibility index (Phi) is 27.4. The quantitative estimate of drug-likeness (QED) is 0.0466. The lowest BCUT2D eigenvalue weighted by atomic mass is 9.99. The molecule has 46 heavy (non-hydrogen) atoms. The van der Waals surface area contributed by atoms with Crippen molar-refractivity contribution in [2.24, 2.45) is 0 Å². The van der Waals surface area contributed by atoms with Crippen molar-refractivity contribution < 1.29 is 39.8 Å². The summed E-state index contributed by atoms with van der Waals surface area (Å²) >= 11 is 0. The molecule has 0 radical (unpaired) electrons. The van der Waals surface area contributed by atoms with Gasteiger partial charge in [-0.2, -0.15) is 0 Å². The van der Waals surface area contributed by atoms with E-state index in [1.54, 1.807) is 0 Å². The molecule has 7 atom stereocenters. The minimum absolute atomic E-state index is 0.133. The summed E-state index contributed by atoms with van der Waals surface area (Å²) in [5.41, 5.74) is 0. The summed E-state index contributed by atoms with van der Waals surface area (Å²) < 4.78 is 11.2. The molecule has 7 unspecified atom stereocenters. The Balaban J connectivity index is 2.43. The molecule has 0 aromatic carbocycles. The molecule has 9 heteroatoms. The van der Waals surface area contributed by atoms with Crippen LogP contribution in [-0.2, 0) is 14.3 Å². The van der Waals surface area contributed by atoms with Gasteiger partial charge in [0.05, 0.1) is 25.4 Å². The number of nitrogens with one attached hydrogen (secondary N) is 1. The third-order valence-corrected chi connectivity index (χ3v) is 9.46. The summed E-state index contributed by atoms with van der Waals surface area (Å²) in [6.45, 7) is 3.80. The van der Waals surface area contributed by atoms with Crippen molar-refractivity contribution in [3.05, 3.63) is 0 Å². The molecule has 1 saturated heterocycles. The average Bonchev–Trinajstić information content (AvgIpc) is 3.05. The van der Waals surface area contributed by atoms with Crippen LogP contribution in [0.25, 0.3) is 0 Å². The summed E-state index contributed by atoms with van der Waals surface area (Å²) in [4.78, 5) is 12.8. The van der Waals surface area contributed by atoms with E-state index in [9.17, 15) is 30.3 Å². The van der Waals surface area contributed by atoms with Gasteiger partial charge in [0.25, 0.3) is 0 Å². The molecular formula is C37H73NO8. The van der Waals surface area contributed by atoms with E-state index < -0.39 is 49.5 Å². The number of ether oxygens (including phenoxy) is 2. The van der Waals surface area contributed by atoms with Crippen LogP contribution >= 0.6 is 0 Å². The number of carbonyl (C=O) groups is 1. The van der Waals surface area contributed by atoms with Gasteiger partial charge in [-0.05, 0) is 12.8 Å². The zero-order valence-electron chi connectivity index (χ0n) is 29.6. The highest BCUT2D eigenvalue weighted by atomic mass is 16.7. The number of hydrogen-bond donors (Lipinski definition) is 6. The van der Waals surface area contributed by atoms with Gasteiger partial charge in [-0.1, -0.05) is 155 Å². The topological polar surface area (TPSA) is 149 Å². The van der Waals surface area contributed by atoms with Gasteiger partial charge in [-0.25, -0.2) is 0 Å². The molecule has 0 saturated carbocycles. The van der Waals surface area contributed by atoms with Crippen LogP contribution in [0.4, 0.5) is 0 Å². The van der Waals surface area contributed by atoms with Crippen molar-refractivity contribution in [3.8, 4) is 0 Å². The fourth-order valence-corrected chi connectivity index (χ4v) is 6.28. The zero-order chi connectivity index (χ0) is 33.8. The Bertz CT molecular complexity index is 696. The Morgan fingerprint density at radius 3 is 1.54 bits per heavy atom. The van der Waals surface area contributed by atoms with Crippen LogP contribution in [0, 0.1) is 0 Å². The molecule has 0 aliphatic carbocycles. The van der Waals surface area contributed by atoms with Gasteiger partial charge in [0.2, 0.25) is 5.91 Å². The van der Waals surface area contributed by atoms with Crippen molar-refractivity contribution in [1.82, 2.24) is 5.32 Å². The number of carbonyl (C=O) groups excluding carboxylic acids is 1. The van der Waals surface area contributed by atoms with Crippen molar-refractivity contribution in [2.45, 2.75) is 217 Å². The van der Waals surface area contributed by atoms with Gasteiger partial charge in [0, 0.05) is 6.42 Å². The summed E-state index contributed by atoms with van der Waals surface area (Å²) in [6.07, 6.45) is 21.1. The Morgan fingerprint density at radius 2 is 1.09 bits per heavy atom. The van der Waals surface area contributed by atoms with Crippen LogP contribution < -0.4 is 5.32 Å². The normalized spacial score (nSPS) is 23.0. The van der Waals surface area contributed by atoms with Gasteiger partial charge in [-0.15, -0.1) is 0 Å². The van der Waals surface area contributed by atoms with Crippen molar-refractivity contribution in [1.29, 1.82) is 0 Å². The third-order valence-electron chi connectivity index (χ3n) is 9.46. The van der Waals surface area contributed by atoms with Crippen molar-refractivity contribution in [3.63, 3.8) is 0 Å². The molecule has 0 aromatic heterocycles. The van der Waals surface area contributed by atoms with Crippen molar-refractivity contribution >= 4 is 5.91 Å². The van der Waals surface area contributed by atoms with Crippen LogP contribution in [0.3, 0.4) is 0 Å². The standard InChI is InChI=1S/C37H73NO8/c1-3-5-7-9-11-13-15-17-18-20-22-24-26-31(40)30(29-45-37-36(44)35(43)34(42)32(28-39)46-37)38-33(41)27-25-23-21-19-16-14-12-10-8-6-4-2/h30-32,34-37,39-40,42-44H,3-29H2,1-2H3,(H,38,41). The lowest BCUT2D eigenvalue weighted by Crippen LogP contribution is -2.60. The van der Waals surface area contributed by atoms with Gasteiger partial charge in [-0.3, -0.25) is 4.79 Å². The molecule has 1 amide bonds. The van der Waals surface area contributed by atoms with Crippen LogP contribution in [-0.4, -0.2) is 87.5 Å². The minimum atomic E-state index is -1.55. The van der Waals surface area contributed by atoms with Gasteiger partial charge >= 0.3 is 0 Å². The molecule has 6 N–H and O–H groups in total. The van der Waals surface area contributed by atoms with E-state index in [-0.39, 0.29) is 12.5 Å². The SMILES string of the molecule is CCCCCCCCCCCCCCC(O)C(COC1OC(CO)C(O)C(O)C1O)NC(=O)CCCCCCCCCCCCC. The van der Waals surface area contributed by atoms with Crippen LogP contribution in [0.2, 0.25) is 0 Å². The number of rotatable bonds is 31. The summed E-state index contributed by atoms with van der Waals surface area (Å²) in [6, 6.07) is -0.708. The molecular weight excluding hydrogens is 586 g/mol. The number of aliphatic hydroxyl groups excluding tert-OH is 5. The monoisotopic (exact) mass is 660 g/mol. The maximum atomic E-state index is 12.8. The molecule has 1 fully saturated rings. The van der Waals surface area contributed by atoms with Gasteiger partial charge in [0.15, 0.2) is 6.29 Å². The van der Waals surface area contributed by atoms with E-state index in [2.05, 4.69) is 19.2 Å². The van der Waals surface area contributed by atoms with Crippen molar-refractivity contribution in [2.75, 3.05) is 13.2 Å². The van der Waals surface area contributed by atoms with E-state index in [1.165, 1.54) is 109 Å². The average molecular weight is 660 g/mol. The first-order valence-electron chi connectivity index (χ1n) is 19.2. The first kappa shape index (κ1) is 43.2. The first-order valence-corrected chi connectivity index (χ1v) is 19.2. The van der Waals surface area contributed by atoms with Crippen LogP contribution in [0.15, 0.2) is 0 Å². The molecule has 1 heterocycles. The second kappa shape index (κ2) is 29.1. The van der Waals surface area contributed by atoms with E-state index in [1.807, 2.05) is 0 Å². The largest absolute Gasteiger partial charge is 0.394 e. The van der Waals surface area contributed by atoms with Crippen LogP contribution in [0.1, 0.15) is 174 Å². The second-order valence-corrected chi connectivity index (χ2v) is 13.7. The minimum Gasteiger partial charge on any atom is -0.394 e. The number of unbranched alkanes of at least 4 members (excludes halogenated alkanes) is 21. The second-order valence-electron chi connectivity index (χ2n) is 13.7. The van der Waals surface area contributed by atoms with Gasteiger partial charge < -0.3 is 40.3 Å². The predicted octanol–water partition coefficient (Wildman–Crippen LogP) is 6.44. The Labute approximate surface area is 281 Å². The lowest BCUT2D eigenvalue weighted by molar-refractivity contribution is -0.302. The molecule has 9 nitrogen and oxygen atoms in total. The number of aliphatic hydroxyl groups is 5. The third kappa shape index (κ3) is 20.5. The van der Waals surface area contributed by atoms with E-state index in [0.717, 1.165) is 38.5 Å². The highest BCUT2D eigenvalue weighted by Gasteiger charge is 2.44. The summed E-state index contributed by atoms with van der Waals surface area (Å²) in [7, 11) is 0. The molecule has 274 valence electrons. The highest BCUT2D eigenvalue weighted by Crippen LogP contribution is 2.23. The van der Waals surface area contributed by atoms with Crippen LogP contribution in [0.5, 0.6) is 0 Å². The van der Waals surface area contributed by atoms with E-state index >= 15 is 0 Å². The zero-order valence-corrected chi connectivity index (χ0v) is 29.6. The number of hydrogen-bond acceptors (Lipinski definition) is 8. The molecule has 1 aliphatic heterocycles. The Morgan fingerprint density at radius 1 is 0.652 bits per heavy atom. The highest BCUT2D eigenvalue weighted by molar-refractivity contribution is 5.76. The fourth-order valence-electron chi connectivity index (χ4n) is 6.28. The molecule has 0 spiro atoms. The fraction of sp³-hybridized carbons (Fsp3) is 0.973. The number of amides is 1. The maximum Gasteiger partial charge on any atom is 0.220 e. The molecule has 0 bridgehead atoms. The lowest BCUT2D eigenvalue weighted by Gasteiger charge is -2.40. The summed E-state index contributed by atoms with van der Waals surface area (Å²) in [5, 5.41) is 54.0. The predicted molar refractivity (Wildman–Crippen MR) is 184 cm³/mol. The maximum absolute atomic E-state index is 12.8. The molecule has 0 aromatic rings. The Hall–Kier alpha value is -0.810. The van der Waals surface area contributed by atoms with E-state index in [4.69, 9.17) is 9.47 Å². The first-order chi connectivity index (χ1) is 22.3. The van der Waals surface area contributed by atoms with E-state index in [0.29, 0.717) is 12.8 Å². The van der Waals surface area contributed by atoms with Gasteiger partial charge in [0.1, 0.15) is 24.4 Å². The molecule has 1 aliphatic rings. The molecule has 1 rings (SSSR count). The smallest absolute Gasteiger partial charge is 0.220 e.